The van der Waals surface area contributed by atoms with Crippen molar-refractivity contribution in [1.82, 2.24) is 4.90 Å². The van der Waals surface area contributed by atoms with Crippen LogP contribution in [0, 0.1) is 0 Å². The molecule has 1 fully saturated rings. The van der Waals surface area contributed by atoms with Crippen LogP contribution in [0.1, 0.15) is 35.6 Å². The zero-order valence-corrected chi connectivity index (χ0v) is 14.3. The molecule has 0 spiro atoms. The van der Waals surface area contributed by atoms with Gasteiger partial charge in [0.25, 0.3) is 0 Å². The maximum Gasteiger partial charge on any atom is 0.222 e. The second-order valence-corrected chi connectivity index (χ2v) is 7.00. The smallest absolute Gasteiger partial charge is 0.222 e. The topological polar surface area (TPSA) is 29.5 Å². The van der Waals surface area contributed by atoms with E-state index in [1.54, 1.807) is 7.11 Å². The lowest BCUT2D eigenvalue weighted by Gasteiger charge is -2.31. The van der Waals surface area contributed by atoms with Crippen molar-refractivity contribution in [2.45, 2.75) is 31.6 Å². The molecule has 0 saturated carbocycles. The fourth-order valence-corrected chi connectivity index (χ4v) is 4.04. The Labute approximate surface area is 141 Å². The Kier molecular flexibility index (Phi) is 5.34. The van der Waals surface area contributed by atoms with E-state index in [1.165, 1.54) is 10.4 Å². The first kappa shape index (κ1) is 16.1. The largest absolute Gasteiger partial charge is 0.497 e. The third-order valence-electron chi connectivity index (χ3n) is 4.58. The van der Waals surface area contributed by atoms with Crippen LogP contribution in [-0.2, 0) is 11.2 Å². The predicted octanol–water partition coefficient (Wildman–Crippen LogP) is 4.10. The average Bonchev–Trinajstić information content (AvgIpc) is 3.15. The Bertz CT molecular complexity index is 613. The van der Waals surface area contributed by atoms with E-state index in [-0.39, 0.29) is 5.91 Å². The first-order valence-corrected chi connectivity index (χ1v) is 9.08. The highest BCUT2D eigenvalue weighted by Crippen LogP contribution is 2.31. The highest BCUT2D eigenvalue weighted by atomic mass is 32.1. The van der Waals surface area contributed by atoms with E-state index in [4.69, 9.17) is 4.74 Å². The summed E-state index contributed by atoms with van der Waals surface area (Å²) in [7, 11) is 1.67. The van der Waals surface area contributed by atoms with E-state index in [0.717, 1.165) is 38.1 Å². The molecular formula is C19H23NO2S. The zero-order chi connectivity index (χ0) is 16.1. The number of methoxy groups -OCH3 is 1. The van der Waals surface area contributed by atoms with Gasteiger partial charge in [0, 0.05) is 24.4 Å². The van der Waals surface area contributed by atoms with Crippen molar-refractivity contribution >= 4 is 17.2 Å². The summed E-state index contributed by atoms with van der Waals surface area (Å²) in [5.41, 5.74) is 1.19. The van der Waals surface area contributed by atoms with E-state index < -0.39 is 0 Å². The Morgan fingerprint density at radius 1 is 1.22 bits per heavy atom. The number of amides is 1. The molecule has 1 aliphatic heterocycles. The van der Waals surface area contributed by atoms with Crippen molar-refractivity contribution in [3.8, 4) is 5.75 Å². The van der Waals surface area contributed by atoms with Gasteiger partial charge < -0.3 is 9.64 Å². The van der Waals surface area contributed by atoms with Crippen molar-refractivity contribution in [2.75, 3.05) is 20.2 Å². The van der Waals surface area contributed by atoms with Crippen LogP contribution in [0.4, 0.5) is 0 Å². The van der Waals surface area contributed by atoms with Gasteiger partial charge in [-0.05, 0) is 54.3 Å². The van der Waals surface area contributed by atoms with Gasteiger partial charge in [-0.2, -0.15) is 0 Å². The number of aryl methyl sites for hydroxylation is 1. The third kappa shape index (κ3) is 4.14. The number of carbonyl (C=O) groups excluding carboxylic acids is 1. The van der Waals surface area contributed by atoms with E-state index in [0.29, 0.717) is 12.3 Å². The maximum absolute atomic E-state index is 12.4. The van der Waals surface area contributed by atoms with Gasteiger partial charge in [0.05, 0.1) is 7.11 Å². The van der Waals surface area contributed by atoms with Gasteiger partial charge in [-0.25, -0.2) is 0 Å². The quantitative estimate of drug-likeness (QED) is 0.827. The van der Waals surface area contributed by atoms with Crippen molar-refractivity contribution in [1.29, 1.82) is 0 Å². The Balaban J connectivity index is 1.45. The number of carbonyl (C=O) groups is 1. The molecule has 3 nitrogen and oxygen atoms in total. The predicted molar refractivity (Wildman–Crippen MR) is 94.2 cm³/mol. The molecular weight excluding hydrogens is 306 g/mol. The highest BCUT2D eigenvalue weighted by Gasteiger charge is 2.23. The molecule has 2 heterocycles. The van der Waals surface area contributed by atoms with Gasteiger partial charge in [0.1, 0.15) is 5.75 Å². The van der Waals surface area contributed by atoms with Gasteiger partial charge in [-0.3, -0.25) is 4.79 Å². The lowest BCUT2D eigenvalue weighted by Crippen LogP contribution is -2.37. The number of nitrogens with zero attached hydrogens (tertiary/aromatic N) is 1. The molecule has 23 heavy (non-hydrogen) atoms. The van der Waals surface area contributed by atoms with Gasteiger partial charge >= 0.3 is 0 Å². The molecule has 1 amide bonds. The molecule has 1 saturated heterocycles. The van der Waals surface area contributed by atoms with Crippen LogP contribution in [0.2, 0.25) is 0 Å². The highest BCUT2D eigenvalue weighted by molar-refractivity contribution is 7.10. The fraction of sp³-hybridized carbons (Fsp3) is 0.421. The van der Waals surface area contributed by atoms with Gasteiger partial charge in [-0.15, -0.1) is 11.3 Å². The molecule has 0 N–H and O–H groups in total. The fourth-order valence-electron chi connectivity index (χ4n) is 3.14. The van der Waals surface area contributed by atoms with Crippen molar-refractivity contribution < 1.29 is 9.53 Å². The van der Waals surface area contributed by atoms with Crippen LogP contribution in [0.25, 0.3) is 0 Å². The molecule has 4 heteroatoms. The summed E-state index contributed by atoms with van der Waals surface area (Å²) >= 11 is 1.84. The van der Waals surface area contributed by atoms with Crippen LogP contribution < -0.4 is 4.74 Å². The number of likely N-dealkylation sites (tertiary alicyclic amines) is 1. The lowest BCUT2D eigenvalue weighted by atomic mass is 9.95. The summed E-state index contributed by atoms with van der Waals surface area (Å²) in [4.78, 5) is 15.9. The van der Waals surface area contributed by atoms with Crippen LogP contribution >= 0.6 is 11.3 Å². The molecule has 3 rings (SSSR count). The van der Waals surface area contributed by atoms with Crippen LogP contribution in [0.5, 0.6) is 5.75 Å². The standard InChI is InChI=1S/C19H23NO2S/c1-22-17-7-4-15(5-8-17)6-9-19(21)20-12-10-16(11-13-20)18-3-2-14-23-18/h2-5,7-8,14,16H,6,9-13H2,1H3. The number of benzene rings is 1. The number of rotatable bonds is 5. The van der Waals surface area contributed by atoms with E-state index in [9.17, 15) is 4.79 Å². The van der Waals surface area contributed by atoms with Crippen molar-refractivity contribution in [3.63, 3.8) is 0 Å². The summed E-state index contributed by atoms with van der Waals surface area (Å²) < 4.78 is 5.16. The maximum atomic E-state index is 12.4. The van der Waals surface area contributed by atoms with Gasteiger partial charge in [0.15, 0.2) is 0 Å². The minimum atomic E-state index is 0.283. The van der Waals surface area contributed by atoms with E-state index >= 15 is 0 Å². The monoisotopic (exact) mass is 329 g/mol. The van der Waals surface area contributed by atoms with Crippen LogP contribution in [0.3, 0.4) is 0 Å². The van der Waals surface area contributed by atoms with E-state index in [2.05, 4.69) is 17.5 Å². The summed E-state index contributed by atoms with van der Waals surface area (Å²) in [5, 5.41) is 2.14. The summed E-state index contributed by atoms with van der Waals surface area (Å²) in [6, 6.07) is 12.3. The molecule has 0 unspecified atom stereocenters. The summed E-state index contributed by atoms with van der Waals surface area (Å²) in [5.74, 6) is 1.78. The lowest BCUT2D eigenvalue weighted by molar-refractivity contribution is -0.132. The van der Waals surface area contributed by atoms with E-state index in [1.807, 2.05) is 40.5 Å². The molecule has 0 aliphatic carbocycles. The minimum Gasteiger partial charge on any atom is -0.497 e. The Morgan fingerprint density at radius 3 is 2.57 bits per heavy atom. The molecule has 122 valence electrons. The van der Waals surface area contributed by atoms with Crippen LogP contribution in [-0.4, -0.2) is 31.0 Å². The first-order valence-electron chi connectivity index (χ1n) is 8.20. The second-order valence-electron chi connectivity index (χ2n) is 6.02. The summed E-state index contributed by atoms with van der Waals surface area (Å²) in [6.45, 7) is 1.79. The first-order chi connectivity index (χ1) is 11.3. The summed E-state index contributed by atoms with van der Waals surface area (Å²) in [6.07, 6.45) is 3.58. The van der Waals surface area contributed by atoms with Crippen molar-refractivity contribution in [2.24, 2.45) is 0 Å². The molecule has 2 aromatic rings. The molecule has 1 aromatic heterocycles. The zero-order valence-electron chi connectivity index (χ0n) is 13.5. The van der Waals surface area contributed by atoms with Crippen molar-refractivity contribution in [3.05, 3.63) is 52.2 Å². The molecule has 0 radical (unpaired) electrons. The Hall–Kier alpha value is -1.81. The van der Waals surface area contributed by atoms with Crippen LogP contribution in [0.15, 0.2) is 41.8 Å². The minimum absolute atomic E-state index is 0.283. The SMILES string of the molecule is COc1ccc(CCC(=O)N2CCC(c3cccs3)CC2)cc1. The molecule has 1 aromatic carbocycles. The molecule has 0 bridgehead atoms. The van der Waals surface area contributed by atoms with Gasteiger partial charge in [0.2, 0.25) is 5.91 Å². The number of thiophene rings is 1. The molecule has 1 aliphatic rings. The normalized spacial score (nSPS) is 15.6. The number of piperidine rings is 1. The van der Waals surface area contributed by atoms with Gasteiger partial charge in [-0.1, -0.05) is 18.2 Å². The average molecular weight is 329 g/mol. The second kappa shape index (κ2) is 7.64. The number of hydrogen-bond acceptors (Lipinski definition) is 3. The Morgan fingerprint density at radius 2 is 1.96 bits per heavy atom. The third-order valence-corrected chi connectivity index (χ3v) is 5.61. The molecule has 0 atom stereocenters. The number of ether oxygens (including phenoxy) is 1. The number of hydrogen-bond donors (Lipinski definition) is 0.